The monoisotopic (exact) mass is 245 g/mol. The Labute approximate surface area is 108 Å². The van der Waals surface area contributed by atoms with Crippen LogP contribution in [-0.4, -0.2) is 11.6 Å². The van der Waals surface area contributed by atoms with Crippen LogP contribution in [0, 0.1) is 0 Å². The maximum atomic E-state index is 11.8. The summed E-state index contributed by atoms with van der Waals surface area (Å²) in [5.74, 6) is 0. The maximum absolute atomic E-state index is 11.8. The average Bonchev–Trinajstić information content (AvgIpc) is 2.87. The smallest absolute Gasteiger partial charge is 0.408 e. The number of alkyl carbamates (subject to hydrolysis) is 1. The van der Waals surface area contributed by atoms with Crippen molar-refractivity contribution in [1.29, 1.82) is 0 Å². The van der Waals surface area contributed by atoms with Gasteiger partial charge in [-0.05, 0) is 18.4 Å². The number of carbonyl (C=O) groups excluding carboxylic acids is 1. The van der Waals surface area contributed by atoms with Gasteiger partial charge < -0.3 is 10.1 Å². The van der Waals surface area contributed by atoms with Crippen LogP contribution in [0.1, 0.15) is 31.2 Å². The molecular formula is C15H19NO2. The second-order valence-corrected chi connectivity index (χ2v) is 4.75. The van der Waals surface area contributed by atoms with E-state index in [9.17, 15) is 4.79 Å². The van der Waals surface area contributed by atoms with E-state index in [2.05, 4.69) is 11.9 Å². The van der Waals surface area contributed by atoms with E-state index in [-0.39, 0.29) is 11.6 Å². The fourth-order valence-corrected chi connectivity index (χ4v) is 2.35. The van der Waals surface area contributed by atoms with Crippen LogP contribution in [0.15, 0.2) is 43.0 Å². The summed E-state index contributed by atoms with van der Waals surface area (Å²) in [6, 6.07) is 9.67. The highest BCUT2D eigenvalue weighted by atomic mass is 16.5. The second kappa shape index (κ2) is 5.71. The number of carbonyl (C=O) groups is 1. The molecule has 0 radical (unpaired) electrons. The predicted molar refractivity (Wildman–Crippen MR) is 71.2 cm³/mol. The van der Waals surface area contributed by atoms with Gasteiger partial charge in [-0.15, -0.1) is 6.58 Å². The molecule has 96 valence electrons. The molecule has 1 amide bonds. The minimum absolute atomic E-state index is 0.256. The van der Waals surface area contributed by atoms with Gasteiger partial charge in [-0.2, -0.15) is 0 Å². The van der Waals surface area contributed by atoms with Gasteiger partial charge in [0.15, 0.2) is 0 Å². The number of hydrogen-bond donors (Lipinski definition) is 1. The van der Waals surface area contributed by atoms with E-state index in [1.165, 1.54) is 0 Å². The highest BCUT2D eigenvalue weighted by molar-refractivity contribution is 5.68. The molecule has 0 bridgehead atoms. The Morgan fingerprint density at radius 1 is 1.33 bits per heavy atom. The standard InChI is InChI=1S/C15H19NO2/c1-2-15(10-6-7-11-15)16-14(17)18-12-13-8-4-3-5-9-13/h2-5,8-9H,1,6-7,10-12H2,(H,16,17). The van der Waals surface area contributed by atoms with Crippen molar-refractivity contribution in [2.75, 3.05) is 0 Å². The Morgan fingerprint density at radius 2 is 2.00 bits per heavy atom. The van der Waals surface area contributed by atoms with Crippen molar-refractivity contribution in [1.82, 2.24) is 5.32 Å². The summed E-state index contributed by atoms with van der Waals surface area (Å²) >= 11 is 0. The summed E-state index contributed by atoms with van der Waals surface area (Å²) in [6.07, 6.45) is 5.65. The molecule has 1 N–H and O–H groups in total. The minimum atomic E-state index is -0.361. The summed E-state index contributed by atoms with van der Waals surface area (Å²) in [5.41, 5.74) is 0.736. The summed E-state index contributed by atoms with van der Waals surface area (Å²) in [4.78, 5) is 11.8. The molecule has 1 aromatic rings. The van der Waals surface area contributed by atoms with Gasteiger partial charge in [-0.1, -0.05) is 49.2 Å². The Morgan fingerprint density at radius 3 is 2.61 bits per heavy atom. The molecule has 1 saturated carbocycles. The molecule has 0 heterocycles. The highest BCUT2D eigenvalue weighted by Crippen LogP contribution is 2.30. The molecule has 3 heteroatoms. The van der Waals surface area contributed by atoms with Crippen LogP contribution < -0.4 is 5.32 Å². The third-order valence-corrected chi connectivity index (χ3v) is 3.45. The van der Waals surface area contributed by atoms with Gasteiger partial charge >= 0.3 is 6.09 Å². The van der Waals surface area contributed by atoms with Crippen molar-refractivity contribution in [3.63, 3.8) is 0 Å². The molecule has 1 fully saturated rings. The molecule has 0 spiro atoms. The normalized spacial score (nSPS) is 17.1. The summed E-state index contributed by atoms with van der Waals surface area (Å²) in [6.45, 7) is 4.12. The lowest BCUT2D eigenvalue weighted by molar-refractivity contribution is 0.131. The molecule has 0 saturated heterocycles. The third-order valence-electron chi connectivity index (χ3n) is 3.45. The number of hydrogen-bond acceptors (Lipinski definition) is 2. The topological polar surface area (TPSA) is 38.3 Å². The van der Waals surface area contributed by atoms with E-state index in [4.69, 9.17) is 4.74 Å². The molecular weight excluding hydrogens is 226 g/mol. The van der Waals surface area contributed by atoms with Gasteiger partial charge in [0.2, 0.25) is 0 Å². The third kappa shape index (κ3) is 3.13. The van der Waals surface area contributed by atoms with E-state index < -0.39 is 0 Å². The Bertz CT molecular complexity index is 408. The maximum Gasteiger partial charge on any atom is 0.408 e. The molecule has 1 aliphatic rings. The number of amides is 1. The van der Waals surface area contributed by atoms with Crippen LogP contribution in [0.3, 0.4) is 0 Å². The number of rotatable bonds is 4. The van der Waals surface area contributed by atoms with Crippen molar-refractivity contribution in [3.05, 3.63) is 48.6 Å². The average molecular weight is 245 g/mol. The molecule has 3 nitrogen and oxygen atoms in total. The van der Waals surface area contributed by atoms with Crippen molar-refractivity contribution in [2.45, 2.75) is 37.8 Å². The molecule has 0 atom stereocenters. The van der Waals surface area contributed by atoms with Crippen molar-refractivity contribution in [2.24, 2.45) is 0 Å². The molecule has 1 aromatic carbocycles. The summed E-state index contributed by atoms with van der Waals surface area (Å²) in [5, 5.41) is 2.93. The van der Waals surface area contributed by atoms with Gasteiger partial charge in [0.05, 0.1) is 5.54 Å². The van der Waals surface area contributed by atoms with Gasteiger partial charge in [-0.25, -0.2) is 4.79 Å². The molecule has 0 unspecified atom stereocenters. The summed E-state index contributed by atoms with van der Waals surface area (Å²) in [7, 11) is 0. The molecule has 0 aromatic heterocycles. The SMILES string of the molecule is C=CC1(NC(=O)OCc2ccccc2)CCCC1. The van der Waals surface area contributed by atoms with Gasteiger partial charge in [0.1, 0.15) is 6.61 Å². The predicted octanol–water partition coefficient (Wildman–Crippen LogP) is 3.41. The lowest BCUT2D eigenvalue weighted by Crippen LogP contribution is -2.44. The van der Waals surface area contributed by atoms with Gasteiger partial charge in [-0.3, -0.25) is 0 Å². The lowest BCUT2D eigenvalue weighted by Gasteiger charge is -2.25. The van der Waals surface area contributed by atoms with Crippen LogP contribution in [0.2, 0.25) is 0 Å². The van der Waals surface area contributed by atoms with Crippen molar-refractivity contribution in [3.8, 4) is 0 Å². The Kier molecular flexibility index (Phi) is 4.03. The molecule has 18 heavy (non-hydrogen) atoms. The zero-order valence-electron chi connectivity index (χ0n) is 10.5. The molecule has 2 rings (SSSR count). The van der Waals surface area contributed by atoms with Crippen LogP contribution in [-0.2, 0) is 11.3 Å². The quantitative estimate of drug-likeness (QED) is 0.825. The van der Waals surface area contributed by atoms with E-state index >= 15 is 0 Å². The fraction of sp³-hybridized carbons (Fsp3) is 0.400. The fourth-order valence-electron chi connectivity index (χ4n) is 2.35. The van der Waals surface area contributed by atoms with Crippen molar-refractivity contribution >= 4 is 6.09 Å². The van der Waals surface area contributed by atoms with Crippen LogP contribution in [0.25, 0.3) is 0 Å². The first-order valence-corrected chi connectivity index (χ1v) is 6.37. The van der Waals surface area contributed by atoms with E-state index in [1.807, 2.05) is 36.4 Å². The van der Waals surface area contributed by atoms with Crippen LogP contribution in [0.4, 0.5) is 4.79 Å². The van der Waals surface area contributed by atoms with E-state index in [0.29, 0.717) is 6.61 Å². The number of ether oxygens (including phenoxy) is 1. The van der Waals surface area contributed by atoms with E-state index in [0.717, 1.165) is 31.2 Å². The Balaban J connectivity index is 1.83. The van der Waals surface area contributed by atoms with Gasteiger partial charge in [0.25, 0.3) is 0 Å². The second-order valence-electron chi connectivity index (χ2n) is 4.75. The first-order valence-electron chi connectivity index (χ1n) is 6.37. The lowest BCUT2D eigenvalue weighted by atomic mass is 9.98. The molecule has 1 aliphatic carbocycles. The minimum Gasteiger partial charge on any atom is -0.445 e. The van der Waals surface area contributed by atoms with Crippen LogP contribution in [0.5, 0.6) is 0 Å². The first kappa shape index (κ1) is 12.7. The van der Waals surface area contributed by atoms with E-state index in [1.54, 1.807) is 0 Å². The zero-order chi connectivity index (χ0) is 12.8. The van der Waals surface area contributed by atoms with Crippen molar-refractivity contribution < 1.29 is 9.53 Å². The Hall–Kier alpha value is -1.77. The largest absolute Gasteiger partial charge is 0.445 e. The highest BCUT2D eigenvalue weighted by Gasteiger charge is 2.32. The number of benzene rings is 1. The summed E-state index contributed by atoms with van der Waals surface area (Å²) < 4.78 is 5.22. The number of nitrogens with one attached hydrogen (secondary N) is 1. The first-order chi connectivity index (χ1) is 8.74. The van der Waals surface area contributed by atoms with Crippen LogP contribution >= 0.6 is 0 Å². The molecule has 0 aliphatic heterocycles. The zero-order valence-corrected chi connectivity index (χ0v) is 10.5. The van der Waals surface area contributed by atoms with Gasteiger partial charge in [0, 0.05) is 0 Å².